The van der Waals surface area contributed by atoms with Gasteiger partial charge in [-0.2, -0.15) is 9.40 Å². The van der Waals surface area contributed by atoms with Crippen LogP contribution in [-0.2, 0) is 21.9 Å². The first-order valence-corrected chi connectivity index (χ1v) is 11.6. The van der Waals surface area contributed by atoms with Crippen molar-refractivity contribution < 1.29 is 13.2 Å². The molecule has 1 aromatic rings. The summed E-state index contributed by atoms with van der Waals surface area (Å²) >= 11 is 0. The number of rotatable bonds is 5. The van der Waals surface area contributed by atoms with Crippen molar-refractivity contribution in [3.63, 3.8) is 0 Å². The third-order valence-corrected chi connectivity index (χ3v) is 8.70. The Morgan fingerprint density at radius 3 is 2.74 bits per heavy atom. The lowest BCUT2D eigenvalue weighted by atomic mass is 9.83. The molecule has 0 radical (unpaired) electrons. The highest BCUT2D eigenvalue weighted by Crippen LogP contribution is 2.49. The number of carbonyl (C=O) groups excluding carboxylic acids is 1. The summed E-state index contributed by atoms with van der Waals surface area (Å²) in [5.41, 5.74) is 0. The van der Waals surface area contributed by atoms with E-state index in [0.717, 1.165) is 18.3 Å². The topological polar surface area (TPSA) is 84.3 Å². The van der Waals surface area contributed by atoms with Crippen LogP contribution in [0.15, 0.2) is 17.3 Å². The quantitative estimate of drug-likeness (QED) is 0.825. The Balaban J connectivity index is 1.38. The van der Waals surface area contributed by atoms with E-state index in [1.54, 1.807) is 7.05 Å². The summed E-state index contributed by atoms with van der Waals surface area (Å²) in [5, 5.41) is 7.18. The van der Waals surface area contributed by atoms with E-state index in [1.165, 1.54) is 47.1 Å². The number of aromatic nitrogens is 2. The van der Waals surface area contributed by atoms with E-state index < -0.39 is 10.0 Å². The second kappa shape index (κ2) is 7.20. The maximum atomic E-state index is 12.8. The zero-order valence-corrected chi connectivity index (χ0v) is 17.0. The number of amides is 1. The van der Waals surface area contributed by atoms with Crippen LogP contribution in [0.5, 0.6) is 0 Å². The zero-order valence-electron chi connectivity index (χ0n) is 16.2. The van der Waals surface area contributed by atoms with E-state index in [0.29, 0.717) is 18.9 Å². The molecule has 0 aromatic carbocycles. The lowest BCUT2D eigenvalue weighted by Gasteiger charge is -2.33. The van der Waals surface area contributed by atoms with Crippen LogP contribution in [0.25, 0.3) is 0 Å². The lowest BCUT2D eigenvalue weighted by molar-refractivity contribution is -0.127. The van der Waals surface area contributed by atoms with Gasteiger partial charge in [0.2, 0.25) is 15.9 Å². The number of aryl methyl sites for hydroxylation is 1. The number of piperidine rings is 1. The fourth-order valence-electron chi connectivity index (χ4n) is 5.41. The summed E-state index contributed by atoms with van der Waals surface area (Å²) in [6, 6.07) is 0.179. The molecule has 3 aliphatic rings. The lowest BCUT2D eigenvalue weighted by Crippen LogP contribution is -2.48. The van der Waals surface area contributed by atoms with E-state index in [-0.39, 0.29) is 29.3 Å². The average molecular weight is 395 g/mol. The van der Waals surface area contributed by atoms with Crippen LogP contribution in [0.1, 0.15) is 45.4 Å². The molecule has 2 aliphatic carbocycles. The Labute approximate surface area is 161 Å². The molecule has 7 nitrogen and oxygen atoms in total. The van der Waals surface area contributed by atoms with Crippen molar-refractivity contribution in [2.24, 2.45) is 30.7 Å². The van der Waals surface area contributed by atoms with Crippen molar-refractivity contribution in [3.05, 3.63) is 12.4 Å². The van der Waals surface area contributed by atoms with Gasteiger partial charge < -0.3 is 5.32 Å². The van der Waals surface area contributed by atoms with Crippen molar-refractivity contribution >= 4 is 15.9 Å². The maximum Gasteiger partial charge on any atom is 0.246 e. The maximum absolute atomic E-state index is 12.8. The van der Waals surface area contributed by atoms with Crippen LogP contribution in [0.4, 0.5) is 0 Å². The van der Waals surface area contributed by atoms with E-state index in [1.807, 2.05) is 0 Å². The van der Waals surface area contributed by atoms with Crippen LogP contribution in [0.2, 0.25) is 0 Å². The molecule has 1 N–H and O–H groups in total. The van der Waals surface area contributed by atoms with Crippen LogP contribution < -0.4 is 5.32 Å². The van der Waals surface area contributed by atoms with Crippen LogP contribution in [0.3, 0.4) is 0 Å². The molecule has 0 unspecified atom stereocenters. The Morgan fingerprint density at radius 2 is 2.11 bits per heavy atom. The molecule has 2 saturated carbocycles. The number of nitrogens with zero attached hydrogens (tertiary/aromatic N) is 3. The molecule has 1 amide bonds. The molecule has 5 atom stereocenters. The molecule has 1 saturated heterocycles. The largest absolute Gasteiger partial charge is 0.353 e. The van der Waals surface area contributed by atoms with Gasteiger partial charge in [0.15, 0.2) is 0 Å². The molecule has 2 heterocycles. The number of nitrogens with one attached hydrogen (secondary N) is 1. The van der Waals surface area contributed by atoms with Crippen LogP contribution in [0, 0.1) is 23.7 Å². The summed E-state index contributed by atoms with van der Waals surface area (Å²) in [6.07, 6.45) is 9.55. The smallest absolute Gasteiger partial charge is 0.246 e. The fraction of sp³-hybridized carbons (Fsp3) is 0.789. The molecule has 150 valence electrons. The number of carbonyl (C=O) groups is 1. The SMILES string of the molecule is C[C@H](NC(=O)[C@@H]1CCCN(S(=O)(=O)c2cnn(C)c2)C1)[C@H]1C[C@H]2CC[C@H]1C2. The minimum Gasteiger partial charge on any atom is -0.353 e. The third-order valence-electron chi connectivity index (χ3n) is 6.88. The van der Waals surface area contributed by atoms with Gasteiger partial charge in [0.1, 0.15) is 4.90 Å². The highest BCUT2D eigenvalue weighted by atomic mass is 32.2. The summed E-state index contributed by atoms with van der Waals surface area (Å²) in [7, 11) is -1.89. The van der Waals surface area contributed by atoms with E-state index in [2.05, 4.69) is 17.3 Å². The summed E-state index contributed by atoms with van der Waals surface area (Å²) < 4.78 is 28.6. The minimum atomic E-state index is -3.59. The van der Waals surface area contributed by atoms with Gasteiger partial charge >= 0.3 is 0 Å². The van der Waals surface area contributed by atoms with Crippen molar-refractivity contribution in [1.82, 2.24) is 19.4 Å². The van der Waals surface area contributed by atoms with Gasteiger partial charge in [-0.3, -0.25) is 9.48 Å². The minimum absolute atomic E-state index is 0.0105. The predicted octanol–water partition coefficient (Wildman–Crippen LogP) is 1.76. The van der Waals surface area contributed by atoms with E-state index in [9.17, 15) is 13.2 Å². The summed E-state index contributed by atoms with van der Waals surface area (Å²) in [4.78, 5) is 13.0. The van der Waals surface area contributed by atoms with E-state index >= 15 is 0 Å². The Bertz CT molecular complexity index is 806. The van der Waals surface area contributed by atoms with Gasteiger partial charge in [-0.15, -0.1) is 0 Å². The highest BCUT2D eigenvalue weighted by molar-refractivity contribution is 7.89. The van der Waals surface area contributed by atoms with Gasteiger partial charge in [-0.1, -0.05) is 6.42 Å². The molecule has 1 aliphatic heterocycles. The van der Waals surface area contributed by atoms with Gasteiger partial charge in [0.25, 0.3) is 0 Å². The van der Waals surface area contributed by atoms with Gasteiger partial charge in [0.05, 0.1) is 12.1 Å². The van der Waals surface area contributed by atoms with Crippen LogP contribution >= 0.6 is 0 Å². The van der Waals surface area contributed by atoms with Gasteiger partial charge in [-0.25, -0.2) is 8.42 Å². The first-order chi connectivity index (χ1) is 12.8. The average Bonchev–Trinajstić information content (AvgIpc) is 3.38. The van der Waals surface area contributed by atoms with Crippen LogP contribution in [-0.4, -0.2) is 47.5 Å². The number of fused-ring (bicyclic) bond motifs is 2. The molecule has 0 spiro atoms. The highest BCUT2D eigenvalue weighted by Gasteiger charge is 2.43. The van der Waals surface area contributed by atoms with Crippen molar-refractivity contribution in [2.75, 3.05) is 13.1 Å². The van der Waals surface area contributed by atoms with Crippen molar-refractivity contribution in [2.45, 2.75) is 56.4 Å². The summed E-state index contributed by atoms with van der Waals surface area (Å²) in [5.74, 6) is 1.95. The number of sulfonamides is 1. The Hall–Kier alpha value is -1.41. The van der Waals surface area contributed by atoms with Crippen molar-refractivity contribution in [1.29, 1.82) is 0 Å². The Morgan fingerprint density at radius 1 is 1.30 bits per heavy atom. The monoisotopic (exact) mass is 394 g/mol. The van der Waals surface area contributed by atoms with Gasteiger partial charge in [-0.05, 0) is 56.8 Å². The first-order valence-electron chi connectivity index (χ1n) is 10.1. The standard InChI is InChI=1S/C19H30N4O3S/c1-13(18-9-14-5-6-15(18)8-14)21-19(24)16-4-3-7-23(11-16)27(25,26)17-10-20-22(2)12-17/h10,12-16,18H,3-9,11H2,1-2H3,(H,21,24)/t13-,14-,15-,16+,18+/m0/s1. The zero-order chi connectivity index (χ0) is 19.2. The first kappa shape index (κ1) is 18.9. The number of hydrogen-bond acceptors (Lipinski definition) is 4. The van der Waals surface area contributed by atoms with E-state index in [4.69, 9.17) is 0 Å². The number of hydrogen-bond donors (Lipinski definition) is 1. The molecular formula is C19H30N4O3S. The fourth-order valence-corrected chi connectivity index (χ4v) is 6.92. The Kier molecular flexibility index (Phi) is 5.05. The van der Waals surface area contributed by atoms with Gasteiger partial charge in [0, 0.05) is 32.4 Å². The van der Waals surface area contributed by atoms with Crippen molar-refractivity contribution in [3.8, 4) is 0 Å². The second-order valence-corrected chi connectivity index (χ2v) is 10.6. The molecule has 3 fully saturated rings. The second-order valence-electron chi connectivity index (χ2n) is 8.69. The molecule has 2 bridgehead atoms. The molecule has 27 heavy (non-hydrogen) atoms. The normalized spacial score (nSPS) is 32.5. The molecule has 1 aromatic heterocycles. The summed E-state index contributed by atoms with van der Waals surface area (Å²) in [6.45, 7) is 2.84. The predicted molar refractivity (Wildman–Crippen MR) is 101 cm³/mol. The molecule has 8 heteroatoms. The molecule has 4 rings (SSSR count). The molecular weight excluding hydrogens is 364 g/mol. The third kappa shape index (κ3) is 3.66.